The standard InChI is InChI=1S/C13H20N2O2/c1-3-15(4-2)9-10-17-13(16)11-5-7-12(14)8-6-11/h5-8,14,16H,3-4,9-10H2,1-2H3/p-1. The Morgan fingerprint density at radius 3 is 2.35 bits per heavy atom. The lowest BCUT2D eigenvalue weighted by Gasteiger charge is -2.23. The Morgan fingerprint density at radius 2 is 1.82 bits per heavy atom. The van der Waals surface area contributed by atoms with E-state index in [0.717, 1.165) is 19.6 Å². The summed E-state index contributed by atoms with van der Waals surface area (Å²) in [6.45, 7) is 7.25. The summed E-state index contributed by atoms with van der Waals surface area (Å²) in [4.78, 5) is 2.19. The molecule has 0 spiro atoms. The lowest BCUT2D eigenvalue weighted by molar-refractivity contribution is -0.358. The predicted molar refractivity (Wildman–Crippen MR) is 66.8 cm³/mol. The van der Waals surface area contributed by atoms with Crippen molar-refractivity contribution in [1.82, 2.24) is 4.90 Å². The maximum Gasteiger partial charge on any atom is 0.0587 e. The van der Waals surface area contributed by atoms with Crippen LogP contribution in [0.5, 0.6) is 0 Å². The molecule has 4 heteroatoms. The lowest BCUT2D eigenvalue weighted by Crippen LogP contribution is -2.28. The second kappa shape index (κ2) is 6.91. The SMILES string of the molecule is CCN(CC)CCOC([O-])=C1C=CC(=N)C=C1. The molecule has 1 aliphatic rings. The minimum absolute atomic E-state index is 0.322. The van der Waals surface area contributed by atoms with Crippen molar-refractivity contribution in [2.75, 3.05) is 26.2 Å². The molecular weight excluding hydrogens is 216 g/mol. The van der Waals surface area contributed by atoms with E-state index < -0.39 is 0 Å². The van der Waals surface area contributed by atoms with Gasteiger partial charge < -0.3 is 20.2 Å². The van der Waals surface area contributed by atoms with E-state index >= 15 is 0 Å². The minimum atomic E-state index is -0.322. The summed E-state index contributed by atoms with van der Waals surface area (Å²) >= 11 is 0. The lowest BCUT2D eigenvalue weighted by atomic mass is 10.1. The van der Waals surface area contributed by atoms with E-state index in [9.17, 15) is 5.11 Å². The van der Waals surface area contributed by atoms with Crippen molar-refractivity contribution >= 4 is 5.71 Å². The molecule has 17 heavy (non-hydrogen) atoms. The van der Waals surface area contributed by atoms with Crippen LogP contribution in [0.2, 0.25) is 0 Å². The normalized spacial score (nSPS) is 14.5. The fraction of sp³-hybridized carbons (Fsp3) is 0.462. The van der Waals surface area contributed by atoms with Crippen molar-refractivity contribution in [2.45, 2.75) is 13.8 Å². The van der Waals surface area contributed by atoms with Crippen molar-refractivity contribution < 1.29 is 9.84 Å². The van der Waals surface area contributed by atoms with Crippen LogP contribution in [0, 0.1) is 5.41 Å². The molecule has 1 N–H and O–H groups in total. The van der Waals surface area contributed by atoms with E-state index in [1.165, 1.54) is 0 Å². The summed E-state index contributed by atoms with van der Waals surface area (Å²) in [5, 5.41) is 18.9. The van der Waals surface area contributed by atoms with Gasteiger partial charge >= 0.3 is 0 Å². The van der Waals surface area contributed by atoms with E-state index in [0.29, 0.717) is 17.9 Å². The monoisotopic (exact) mass is 235 g/mol. The molecule has 0 saturated heterocycles. The van der Waals surface area contributed by atoms with Crippen LogP contribution < -0.4 is 5.11 Å². The summed E-state index contributed by atoms with van der Waals surface area (Å²) < 4.78 is 5.16. The van der Waals surface area contributed by atoms with Gasteiger partial charge in [-0.3, -0.25) is 0 Å². The molecule has 0 heterocycles. The Balaban J connectivity index is 2.42. The van der Waals surface area contributed by atoms with Gasteiger partial charge in [0.1, 0.15) is 0 Å². The van der Waals surface area contributed by atoms with E-state index in [2.05, 4.69) is 18.7 Å². The van der Waals surface area contributed by atoms with Gasteiger partial charge in [0.2, 0.25) is 0 Å². The van der Waals surface area contributed by atoms with Crippen LogP contribution in [0.25, 0.3) is 0 Å². The fourth-order valence-corrected chi connectivity index (χ4v) is 1.50. The first-order valence-corrected chi connectivity index (χ1v) is 5.88. The van der Waals surface area contributed by atoms with E-state index in [1.807, 2.05) is 0 Å². The van der Waals surface area contributed by atoms with Gasteiger partial charge in [0.25, 0.3) is 0 Å². The van der Waals surface area contributed by atoms with E-state index in [4.69, 9.17) is 10.1 Å². The number of hydrogen-bond acceptors (Lipinski definition) is 4. The number of rotatable bonds is 6. The quantitative estimate of drug-likeness (QED) is 0.700. The molecule has 0 fully saturated rings. The van der Waals surface area contributed by atoms with Crippen molar-refractivity contribution in [3.8, 4) is 0 Å². The smallest absolute Gasteiger partial charge is 0.0587 e. The van der Waals surface area contributed by atoms with Crippen molar-refractivity contribution in [3.63, 3.8) is 0 Å². The third kappa shape index (κ3) is 4.44. The molecule has 0 bridgehead atoms. The zero-order valence-corrected chi connectivity index (χ0v) is 10.4. The molecule has 0 unspecified atom stereocenters. The molecule has 0 amide bonds. The third-order valence-corrected chi connectivity index (χ3v) is 2.66. The first-order valence-electron chi connectivity index (χ1n) is 5.88. The fourth-order valence-electron chi connectivity index (χ4n) is 1.50. The van der Waals surface area contributed by atoms with Gasteiger partial charge in [-0.2, -0.15) is 0 Å². The van der Waals surface area contributed by atoms with Gasteiger partial charge in [0.15, 0.2) is 0 Å². The predicted octanol–water partition coefficient (Wildman–Crippen LogP) is 1.06. The molecule has 0 radical (unpaired) electrons. The molecule has 0 aliphatic heterocycles. The molecule has 4 nitrogen and oxygen atoms in total. The van der Waals surface area contributed by atoms with Crippen LogP contribution in [-0.2, 0) is 4.74 Å². The highest BCUT2D eigenvalue weighted by atomic mass is 16.6. The molecule has 0 atom stereocenters. The average Bonchev–Trinajstić information content (AvgIpc) is 2.35. The minimum Gasteiger partial charge on any atom is -0.612 e. The second-order valence-electron chi connectivity index (χ2n) is 3.74. The molecule has 0 saturated carbocycles. The van der Waals surface area contributed by atoms with Crippen LogP contribution in [0.4, 0.5) is 0 Å². The van der Waals surface area contributed by atoms with Crippen LogP contribution in [0.3, 0.4) is 0 Å². The van der Waals surface area contributed by atoms with Crippen LogP contribution in [-0.4, -0.2) is 36.9 Å². The number of nitrogens with one attached hydrogen (secondary N) is 1. The summed E-state index contributed by atoms with van der Waals surface area (Å²) in [6, 6.07) is 0. The molecular formula is C13H19N2O2-. The van der Waals surface area contributed by atoms with Gasteiger partial charge in [0.05, 0.1) is 11.7 Å². The maximum atomic E-state index is 11.6. The first kappa shape index (κ1) is 13.5. The summed E-state index contributed by atoms with van der Waals surface area (Å²) in [5.41, 5.74) is 0.894. The topological polar surface area (TPSA) is 59.4 Å². The van der Waals surface area contributed by atoms with Gasteiger partial charge in [-0.05, 0) is 30.8 Å². The van der Waals surface area contributed by atoms with Crippen LogP contribution in [0.1, 0.15) is 13.8 Å². The van der Waals surface area contributed by atoms with Gasteiger partial charge in [0, 0.05) is 13.2 Å². The highest BCUT2D eigenvalue weighted by Gasteiger charge is 1.99. The average molecular weight is 235 g/mol. The van der Waals surface area contributed by atoms with Gasteiger partial charge in [-0.15, -0.1) is 0 Å². The molecule has 1 aliphatic carbocycles. The Bertz CT molecular complexity index is 334. The molecule has 94 valence electrons. The molecule has 0 aromatic carbocycles. The maximum absolute atomic E-state index is 11.6. The van der Waals surface area contributed by atoms with Crippen molar-refractivity contribution in [2.24, 2.45) is 0 Å². The Morgan fingerprint density at radius 1 is 1.24 bits per heavy atom. The zero-order valence-electron chi connectivity index (χ0n) is 10.4. The second-order valence-corrected chi connectivity index (χ2v) is 3.74. The van der Waals surface area contributed by atoms with Crippen LogP contribution >= 0.6 is 0 Å². The van der Waals surface area contributed by atoms with Crippen molar-refractivity contribution in [3.05, 3.63) is 35.8 Å². The summed E-state index contributed by atoms with van der Waals surface area (Å²) in [5.74, 6) is -0.322. The van der Waals surface area contributed by atoms with Crippen LogP contribution in [0.15, 0.2) is 35.8 Å². The first-order chi connectivity index (χ1) is 8.17. The highest BCUT2D eigenvalue weighted by molar-refractivity contribution is 6.03. The largest absolute Gasteiger partial charge is 0.612 e. The molecule has 0 aromatic heterocycles. The van der Waals surface area contributed by atoms with Crippen molar-refractivity contribution in [1.29, 1.82) is 5.41 Å². The molecule has 0 aromatic rings. The Hall–Kier alpha value is -1.55. The number of allylic oxidation sites excluding steroid dienone is 5. The zero-order chi connectivity index (χ0) is 12.7. The highest BCUT2D eigenvalue weighted by Crippen LogP contribution is 2.09. The van der Waals surface area contributed by atoms with Gasteiger partial charge in [-0.25, -0.2) is 0 Å². The summed E-state index contributed by atoms with van der Waals surface area (Å²) in [7, 11) is 0. The van der Waals surface area contributed by atoms with Gasteiger partial charge in [-0.1, -0.05) is 26.0 Å². The molecule has 1 rings (SSSR count). The summed E-state index contributed by atoms with van der Waals surface area (Å²) in [6.07, 6.45) is 6.39. The Kier molecular flexibility index (Phi) is 5.49. The third-order valence-electron chi connectivity index (χ3n) is 2.66. The van der Waals surface area contributed by atoms with E-state index in [1.54, 1.807) is 24.3 Å². The number of ether oxygens (including phenoxy) is 1. The number of nitrogens with zero attached hydrogens (tertiary/aromatic N) is 1. The number of hydrogen-bond donors (Lipinski definition) is 1. The Labute approximate surface area is 102 Å². The number of likely N-dealkylation sites (N-methyl/N-ethyl adjacent to an activating group) is 1. The van der Waals surface area contributed by atoms with E-state index in [-0.39, 0.29) is 5.95 Å².